The highest BCUT2D eigenvalue weighted by atomic mass is 15.0. The van der Waals surface area contributed by atoms with Gasteiger partial charge in [-0.25, -0.2) is 15.0 Å². The van der Waals surface area contributed by atoms with Gasteiger partial charge in [-0.15, -0.1) is 0 Å². The van der Waals surface area contributed by atoms with Gasteiger partial charge < -0.3 is 8.97 Å². The summed E-state index contributed by atoms with van der Waals surface area (Å²) in [6.07, 6.45) is 0. The molecular weight excluding hydrogens is 755 g/mol. The normalized spacial score (nSPS) is 11.9. The van der Waals surface area contributed by atoms with Gasteiger partial charge in [0.2, 0.25) is 0 Å². The van der Waals surface area contributed by atoms with Crippen LogP contribution in [0.2, 0.25) is 0 Å². The zero-order valence-corrected chi connectivity index (χ0v) is 33.4. The number of para-hydroxylation sites is 3. The average Bonchev–Trinajstić information content (AvgIpc) is 3.99. The van der Waals surface area contributed by atoms with Gasteiger partial charge >= 0.3 is 0 Å². The number of benzene rings is 9. The predicted molar refractivity (Wildman–Crippen MR) is 256 cm³/mol. The molecule has 0 fully saturated rings. The Labute approximate surface area is 356 Å². The molecule has 0 N–H and O–H groups in total. The summed E-state index contributed by atoms with van der Waals surface area (Å²) < 4.78 is 4.80. The fourth-order valence-corrected chi connectivity index (χ4v) is 9.65. The molecule has 13 rings (SSSR count). The molecule has 0 bridgehead atoms. The molecule has 0 unspecified atom stereocenters. The van der Waals surface area contributed by atoms with E-state index in [2.05, 4.69) is 161 Å². The first-order chi connectivity index (χ1) is 30.7. The second-order valence-corrected chi connectivity index (χ2v) is 16.0. The van der Waals surface area contributed by atoms with Gasteiger partial charge in [0.1, 0.15) is 0 Å². The Morgan fingerprint density at radius 2 is 0.694 bits per heavy atom. The van der Waals surface area contributed by atoms with Crippen molar-refractivity contribution < 1.29 is 0 Å². The zero-order valence-electron chi connectivity index (χ0n) is 33.4. The van der Waals surface area contributed by atoms with Crippen LogP contribution in [0.15, 0.2) is 212 Å². The third-order valence-electron chi connectivity index (χ3n) is 12.5. The quantitative estimate of drug-likeness (QED) is 0.169. The molecule has 13 aromatic rings. The van der Waals surface area contributed by atoms with Gasteiger partial charge in [-0.2, -0.15) is 0 Å². The molecule has 0 saturated heterocycles. The summed E-state index contributed by atoms with van der Waals surface area (Å²) in [7, 11) is 0. The van der Waals surface area contributed by atoms with Crippen LogP contribution < -0.4 is 0 Å². The SMILES string of the molecule is c1ccc(-c2nc(-c3ccccc3)nc(-c3cccc(-n4c5ccccc5c5cc(-c6cccc(-c7cc8c9ccccc9n9c%10ccccc%10c(c7)c89)c6)ccc54)c3)n2)cc1. The van der Waals surface area contributed by atoms with E-state index in [1.165, 1.54) is 71.1 Å². The van der Waals surface area contributed by atoms with Crippen molar-refractivity contribution in [3.8, 4) is 62.1 Å². The molecule has 4 aromatic heterocycles. The Morgan fingerprint density at radius 1 is 0.258 bits per heavy atom. The van der Waals surface area contributed by atoms with Gasteiger partial charge in [-0.3, -0.25) is 0 Å². The van der Waals surface area contributed by atoms with Gasteiger partial charge in [0.25, 0.3) is 0 Å². The largest absolute Gasteiger partial charge is 0.309 e. The van der Waals surface area contributed by atoms with Gasteiger partial charge in [0.15, 0.2) is 17.5 Å². The van der Waals surface area contributed by atoms with Crippen molar-refractivity contribution in [3.05, 3.63) is 212 Å². The van der Waals surface area contributed by atoms with E-state index in [9.17, 15) is 0 Å². The van der Waals surface area contributed by atoms with Crippen molar-refractivity contribution in [2.75, 3.05) is 0 Å². The first-order valence-corrected chi connectivity index (χ1v) is 21.0. The minimum Gasteiger partial charge on any atom is -0.309 e. The van der Waals surface area contributed by atoms with Crippen molar-refractivity contribution >= 4 is 59.9 Å². The van der Waals surface area contributed by atoms with Crippen molar-refractivity contribution in [1.82, 2.24) is 23.9 Å². The molecule has 0 atom stereocenters. The highest BCUT2D eigenvalue weighted by Crippen LogP contribution is 2.43. The molecule has 0 spiro atoms. The first-order valence-electron chi connectivity index (χ1n) is 21.0. The minimum absolute atomic E-state index is 0.630. The molecule has 4 heterocycles. The minimum atomic E-state index is 0.630. The zero-order chi connectivity index (χ0) is 40.7. The lowest BCUT2D eigenvalue weighted by molar-refractivity contribution is 1.07. The van der Waals surface area contributed by atoms with Crippen LogP contribution in [0.4, 0.5) is 0 Å². The number of fused-ring (bicyclic) bond motifs is 9. The summed E-state index contributed by atoms with van der Waals surface area (Å²) in [4.78, 5) is 15.0. The number of rotatable bonds is 6. The molecule has 5 heteroatoms. The van der Waals surface area contributed by atoms with Gasteiger partial charge in [0.05, 0.1) is 27.6 Å². The molecule has 5 nitrogen and oxygen atoms in total. The smallest absolute Gasteiger partial charge is 0.164 e. The van der Waals surface area contributed by atoms with Crippen LogP contribution in [0.1, 0.15) is 0 Å². The van der Waals surface area contributed by atoms with Crippen LogP contribution in [-0.2, 0) is 0 Å². The predicted octanol–water partition coefficient (Wildman–Crippen LogP) is 14.5. The number of hydrogen-bond acceptors (Lipinski definition) is 3. The monoisotopic (exact) mass is 789 g/mol. The summed E-state index contributed by atoms with van der Waals surface area (Å²) in [6, 6.07) is 75.7. The van der Waals surface area contributed by atoms with Crippen LogP contribution in [0.25, 0.3) is 122 Å². The third-order valence-corrected chi connectivity index (χ3v) is 12.5. The second kappa shape index (κ2) is 13.6. The molecule has 0 saturated carbocycles. The van der Waals surface area contributed by atoms with E-state index in [4.69, 9.17) is 15.0 Å². The molecule has 0 radical (unpaired) electrons. The van der Waals surface area contributed by atoms with E-state index in [1.807, 2.05) is 60.7 Å². The Bertz CT molecular complexity index is 3720. The van der Waals surface area contributed by atoms with Gasteiger partial charge in [0, 0.05) is 54.7 Å². The van der Waals surface area contributed by atoms with E-state index < -0.39 is 0 Å². The van der Waals surface area contributed by atoms with Crippen LogP contribution >= 0.6 is 0 Å². The van der Waals surface area contributed by atoms with E-state index in [0.717, 1.165) is 33.4 Å². The molecular formula is C57H35N5. The number of nitrogens with zero attached hydrogens (tertiary/aromatic N) is 5. The number of hydrogen-bond donors (Lipinski definition) is 0. The fourth-order valence-electron chi connectivity index (χ4n) is 9.65. The molecule has 62 heavy (non-hydrogen) atoms. The molecule has 9 aromatic carbocycles. The summed E-state index contributed by atoms with van der Waals surface area (Å²) >= 11 is 0. The third kappa shape index (κ3) is 5.32. The van der Waals surface area contributed by atoms with Crippen molar-refractivity contribution in [1.29, 1.82) is 0 Å². The standard InChI is InChI=1S/C57H35N5/c1-3-15-36(16-4-1)55-58-56(37-17-5-2-6-18-37)60-57(59-55)41-21-14-22-43(32-41)61-50-26-10-7-23-44(50)47-33-40(29-30-53(47)61)38-19-13-20-39(31-38)42-34-48-45-24-8-11-27-51(45)62-52-28-12-9-25-46(52)49(35-42)54(48)62/h1-35H. The fraction of sp³-hybridized carbons (Fsp3) is 0. The molecule has 0 amide bonds. The van der Waals surface area contributed by atoms with Crippen LogP contribution in [0, 0.1) is 0 Å². The Balaban J connectivity index is 0.929. The lowest BCUT2D eigenvalue weighted by atomic mass is 9.95. The van der Waals surface area contributed by atoms with Crippen LogP contribution in [-0.4, -0.2) is 23.9 Å². The molecule has 0 aliphatic heterocycles. The number of aromatic nitrogens is 5. The van der Waals surface area contributed by atoms with Gasteiger partial charge in [-0.05, 0) is 82.9 Å². The van der Waals surface area contributed by atoms with E-state index in [-0.39, 0.29) is 0 Å². The van der Waals surface area contributed by atoms with Crippen molar-refractivity contribution in [2.24, 2.45) is 0 Å². The molecule has 0 aliphatic rings. The van der Waals surface area contributed by atoms with Crippen LogP contribution in [0.3, 0.4) is 0 Å². The summed E-state index contributed by atoms with van der Waals surface area (Å²) in [6.45, 7) is 0. The van der Waals surface area contributed by atoms with E-state index >= 15 is 0 Å². The van der Waals surface area contributed by atoms with Crippen molar-refractivity contribution in [3.63, 3.8) is 0 Å². The highest BCUT2D eigenvalue weighted by Gasteiger charge is 2.20. The highest BCUT2D eigenvalue weighted by molar-refractivity contribution is 6.24. The van der Waals surface area contributed by atoms with E-state index in [1.54, 1.807) is 0 Å². The maximum Gasteiger partial charge on any atom is 0.164 e. The van der Waals surface area contributed by atoms with E-state index in [0.29, 0.717) is 17.5 Å². The Morgan fingerprint density at radius 3 is 1.32 bits per heavy atom. The lowest BCUT2D eigenvalue weighted by Crippen LogP contribution is -2.01. The lowest BCUT2D eigenvalue weighted by Gasteiger charge is -2.12. The second-order valence-electron chi connectivity index (χ2n) is 16.0. The Hall–Kier alpha value is -8.41. The topological polar surface area (TPSA) is 48.0 Å². The first kappa shape index (κ1) is 34.5. The maximum atomic E-state index is 5.04. The summed E-state index contributed by atoms with van der Waals surface area (Å²) in [5.41, 5.74) is 14.7. The van der Waals surface area contributed by atoms with Crippen molar-refractivity contribution in [2.45, 2.75) is 0 Å². The summed E-state index contributed by atoms with van der Waals surface area (Å²) in [5, 5.41) is 7.54. The maximum absolute atomic E-state index is 5.04. The Kier molecular flexibility index (Phi) is 7.54. The van der Waals surface area contributed by atoms with Crippen LogP contribution in [0.5, 0.6) is 0 Å². The molecule has 0 aliphatic carbocycles. The molecule has 288 valence electrons. The summed E-state index contributed by atoms with van der Waals surface area (Å²) in [5.74, 6) is 1.92. The van der Waals surface area contributed by atoms with Gasteiger partial charge in [-0.1, -0.05) is 152 Å². The average molecular weight is 790 g/mol.